The van der Waals surface area contributed by atoms with Crippen LogP contribution in [0.25, 0.3) is 0 Å². The van der Waals surface area contributed by atoms with E-state index in [9.17, 15) is 0 Å². The maximum Gasteiger partial charge on any atom is 0.0742 e. The van der Waals surface area contributed by atoms with Crippen molar-refractivity contribution in [2.24, 2.45) is 0 Å². The summed E-state index contributed by atoms with van der Waals surface area (Å²) in [6, 6.07) is 0. The lowest BCUT2D eigenvalue weighted by molar-refractivity contribution is 0.110. The molecule has 0 aromatic carbocycles. The molecule has 0 saturated carbocycles. The summed E-state index contributed by atoms with van der Waals surface area (Å²) >= 11 is 0. The molecule has 0 fully saturated rings. The molecule has 1 atom stereocenters. The summed E-state index contributed by atoms with van der Waals surface area (Å²) in [4.78, 5) is 0. The Labute approximate surface area is 55.4 Å². The van der Waals surface area contributed by atoms with E-state index >= 15 is 0 Å². The standard InChI is InChI=1S/C3H8O2.CH4O.ClH/c1-3(5)2-4;1-2;/h3-5H,2H2,1H3;2H,1H3;1H. The number of aliphatic hydroxyl groups is 3. The highest BCUT2D eigenvalue weighted by Gasteiger charge is 1.83. The fraction of sp³-hybridized carbons (Fsp3) is 1.00. The van der Waals surface area contributed by atoms with Crippen LogP contribution >= 0.6 is 12.4 Å². The minimum absolute atomic E-state index is 0. The Balaban J connectivity index is -0.0000000750. The molecule has 0 aromatic rings. The molecule has 8 heavy (non-hydrogen) atoms. The van der Waals surface area contributed by atoms with Crippen LogP contribution in [0.2, 0.25) is 0 Å². The van der Waals surface area contributed by atoms with Crippen LogP contribution in [0.3, 0.4) is 0 Å². The molecule has 0 bridgehead atoms. The Morgan fingerprint density at radius 2 is 1.50 bits per heavy atom. The maximum absolute atomic E-state index is 8.11. The molecular formula is C4H13ClO3. The summed E-state index contributed by atoms with van der Waals surface area (Å²) in [5, 5.41) is 23.0. The lowest BCUT2D eigenvalue weighted by Crippen LogP contribution is -2.03. The molecule has 0 aliphatic carbocycles. The average Bonchev–Trinajstić information content (AvgIpc) is 1.73. The maximum atomic E-state index is 8.11. The molecule has 0 aliphatic rings. The van der Waals surface area contributed by atoms with Gasteiger partial charge in [0.05, 0.1) is 12.7 Å². The molecule has 3 nitrogen and oxygen atoms in total. The third kappa shape index (κ3) is 35.0. The summed E-state index contributed by atoms with van der Waals surface area (Å²) in [7, 11) is 1.00. The van der Waals surface area contributed by atoms with Gasteiger partial charge in [0.15, 0.2) is 0 Å². The van der Waals surface area contributed by atoms with Gasteiger partial charge in [-0.25, -0.2) is 0 Å². The topological polar surface area (TPSA) is 60.7 Å². The Hall–Kier alpha value is 0.170. The van der Waals surface area contributed by atoms with Crippen molar-refractivity contribution in [2.75, 3.05) is 13.7 Å². The van der Waals surface area contributed by atoms with Crippen LogP contribution < -0.4 is 0 Å². The summed E-state index contributed by atoms with van der Waals surface area (Å²) in [5.74, 6) is 0. The van der Waals surface area contributed by atoms with Crippen LogP contribution in [0.15, 0.2) is 0 Å². The molecule has 0 saturated heterocycles. The summed E-state index contributed by atoms with van der Waals surface area (Å²) in [5.41, 5.74) is 0. The second-order valence-corrected chi connectivity index (χ2v) is 1.03. The lowest BCUT2D eigenvalue weighted by atomic mass is 10.5. The highest BCUT2D eigenvalue weighted by molar-refractivity contribution is 5.85. The molecule has 0 aliphatic heterocycles. The average molecular weight is 145 g/mol. The lowest BCUT2D eigenvalue weighted by Gasteiger charge is -1.90. The van der Waals surface area contributed by atoms with Gasteiger partial charge in [-0.2, -0.15) is 0 Å². The van der Waals surface area contributed by atoms with Crippen molar-refractivity contribution in [2.45, 2.75) is 13.0 Å². The molecule has 54 valence electrons. The second-order valence-electron chi connectivity index (χ2n) is 1.03. The third-order valence-corrected chi connectivity index (χ3v) is 0.264. The number of hydrogen-bond donors (Lipinski definition) is 3. The van der Waals surface area contributed by atoms with E-state index in [1.54, 1.807) is 0 Å². The van der Waals surface area contributed by atoms with E-state index in [0.717, 1.165) is 7.11 Å². The van der Waals surface area contributed by atoms with Crippen LogP contribution in [0.4, 0.5) is 0 Å². The van der Waals surface area contributed by atoms with Gasteiger partial charge in [-0.05, 0) is 6.92 Å². The number of halogens is 1. The van der Waals surface area contributed by atoms with Crippen molar-refractivity contribution in [3.05, 3.63) is 0 Å². The van der Waals surface area contributed by atoms with E-state index in [1.165, 1.54) is 6.92 Å². The number of aliphatic hydroxyl groups excluding tert-OH is 3. The van der Waals surface area contributed by atoms with Crippen LogP contribution in [0.1, 0.15) is 6.92 Å². The summed E-state index contributed by atoms with van der Waals surface area (Å²) < 4.78 is 0. The molecule has 0 heterocycles. The first-order valence-corrected chi connectivity index (χ1v) is 2.01. The van der Waals surface area contributed by atoms with Crippen molar-refractivity contribution in [1.29, 1.82) is 0 Å². The largest absolute Gasteiger partial charge is 0.400 e. The van der Waals surface area contributed by atoms with Gasteiger partial charge < -0.3 is 15.3 Å². The van der Waals surface area contributed by atoms with E-state index < -0.39 is 6.10 Å². The van der Waals surface area contributed by atoms with Crippen molar-refractivity contribution >= 4 is 12.4 Å². The fourth-order valence-corrected chi connectivity index (χ4v) is 0. The van der Waals surface area contributed by atoms with Crippen LogP contribution in [-0.4, -0.2) is 35.1 Å². The van der Waals surface area contributed by atoms with Gasteiger partial charge in [-0.3, -0.25) is 0 Å². The molecular weight excluding hydrogens is 131 g/mol. The van der Waals surface area contributed by atoms with Crippen LogP contribution in [0, 0.1) is 0 Å². The highest BCUT2D eigenvalue weighted by Crippen LogP contribution is 1.68. The normalized spacial score (nSPS) is 10.1. The zero-order valence-electron chi connectivity index (χ0n) is 5.03. The number of rotatable bonds is 1. The summed E-state index contributed by atoms with van der Waals surface area (Å²) in [6.45, 7) is 1.39. The highest BCUT2D eigenvalue weighted by atomic mass is 35.5. The predicted octanol–water partition coefficient (Wildman–Crippen LogP) is -0.610. The Morgan fingerprint density at radius 3 is 1.50 bits per heavy atom. The number of hydrogen-bond acceptors (Lipinski definition) is 3. The molecule has 0 rings (SSSR count). The van der Waals surface area contributed by atoms with E-state index in [2.05, 4.69) is 0 Å². The van der Waals surface area contributed by atoms with Gasteiger partial charge in [-0.1, -0.05) is 0 Å². The Kier molecular flexibility index (Phi) is 30.8. The minimum Gasteiger partial charge on any atom is -0.400 e. The second kappa shape index (κ2) is 15.7. The van der Waals surface area contributed by atoms with Gasteiger partial charge in [-0.15, -0.1) is 12.4 Å². The molecule has 0 radical (unpaired) electrons. The Bertz CT molecular complexity index is 25.2. The van der Waals surface area contributed by atoms with Crippen molar-refractivity contribution in [1.82, 2.24) is 0 Å². The zero-order chi connectivity index (χ0) is 6.28. The van der Waals surface area contributed by atoms with Crippen molar-refractivity contribution < 1.29 is 15.3 Å². The van der Waals surface area contributed by atoms with E-state index in [-0.39, 0.29) is 19.0 Å². The first-order valence-electron chi connectivity index (χ1n) is 2.01. The zero-order valence-corrected chi connectivity index (χ0v) is 5.85. The first kappa shape index (κ1) is 15.7. The minimum atomic E-state index is -0.560. The van der Waals surface area contributed by atoms with Crippen molar-refractivity contribution in [3.8, 4) is 0 Å². The van der Waals surface area contributed by atoms with E-state index in [0.29, 0.717) is 0 Å². The first-order chi connectivity index (χ1) is 3.27. The SMILES string of the molecule is CC(O)CO.CO.Cl. The molecule has 1 unspecified atom stereocenters. The smallest absolute Gasteiger partial charge is 0.0742 e. The molecule has 0 aromatic heterocycles. The van der Waals surface area contributed by atoms with Gasteiger partial charge in [0.2, 0.25) is 0 Å². The third-order valence-electron chi connectivity index (χ3n) is 0.264. The monoisotopic (exact) mass is 144 g/mol. The van der Waals surface area contributed by atoms with E-state index in [1.807, 2.05) is 0 Å². The predicted molar refractivity (Wildman–Crippen MR) is 34.2 cm³/mol. The molecule has 0 spiro atoms. The summed E-state index contributed by atoms with van der Waals surface area (Å²) in [6.07, 6.45) is -0.560. The van der Waals surface area contributed by atoms with Gasteiger partial charge in [0.1, 0.15) is 0 Å². The molecule has 3 N–H and O–H groups in total. The Morgan fingerprint density at radius 1 is 1.38 bits per heavy atom. The van der Waals surface area contributed by atoms with Gasteiger partial charge >= 0.3 is 0 Å². The van der Waals surface area contributed by atoms with E-state index in [4.69, 9.17) is 15.3 Å². The van der Waals surface area contributed by atoms with Crippen LogP contribution in [-0.2, 0) is 0 Å². The molecule has 4 heteroatoms. The van der Waals surface area contributed by atoms with Crippen molar-refractivity contribution in [3.63, 3.8) is 0 Å². The van der Waals surface area contributed by atoms with Gasteiger partial charge in [0, 0.05) is 7.11 Å². The quantitative estimate of drug-likeness (QED) is 0.460. The fourth-order valence-electron chi connectivity index (χ4n) is 0. The van der Waals surface area contributed by atoms with Gasteiger partial charge in [0.25, 0.3) is 0 Å². The molecule has 0 amide bonds. The van der Waals surface area contributed by atoms with Crippen LogP contribution in [0.5, 0.6) is 0 Å².